The third-order valence-corrected chi connectivity index (χ3v) is 6.06. The van der Waals surface area contributed by atoms with Crippen molar-refractivity contribution in [1.82, 2.24) is 14.8 Å². The van der Waals surface area contributed by atoms with Gasteiger partial charge in [-0.2, -0.15) is 0 Å². The third-order valence-electron chi connectivity index (χ3n) is 6.06. The molecule has 3 heterocycles. The van der Waals surface area contributed by atoms with Crippen molar-refractivity contribution in [3.63, 3.8) is 0 Å². The summed E-state index contributed by atoms with van der Waals surface area (Å²) in [6.45, 7) is 6.37. The summed E-state index contributed by atoms with van der Waals surface area (Å²) in [4.78, 5) is 34.3. The van der Waals surface area contributed by atoms with E-state index in [9.17, 15) is 9.59 Å². The highest BCUT2D eigenvalue weighted by molar-refractivity contribution is 5.84. The lowest BCUT2D eigenvalue weighted by Gasteiger charge is -2.26. The minimum Gasteiger partial charge on any atom is -0.368 e. The maximum atomic E-state index is 13.4. The Labute approximate surface area is 183 Å². The number of amides is 2. The highest BCUT2D eigenvalue weighted by Gasteiger charge is 2.35. The van der Waals surface area contributed by atoms with Gasteiger partial charge in [0.05, 0.1) is 5.92 Å². The van der Waals surface area contributed by atoms with Crippen LogP contribution in [0.3, 0.4) is 0 Å². The molecule has 1 aromatic heterocycles. The van der Waals surface area contributed by atoms with E-state index in [0.29, 0.717) is 39.2 Å². The van der Waals surface area contributed by atoms with E-state index in [0.717, 1.165) is 29.5 Å². The zero-order valence-corrected chi connectivity index (χ0v) is 17.8. The second-order valence-corrected chi connectivity index (χ2v) is 8.16. The Morgan fingerprint density at radius 3 is 2.84 bits per heavy atom. The van der Waals surface area contributed by atoms with Crippen molar-refractivity contribution < 1.29 is 14.3 Å². The molecule has 2 amide bonds. The maximum Gasteiger partial charge on any atom is 0.251 e. The standard InChI is InChI=1S/C25H29N3O3/c1-2-12-27-13-14-28(25(30)23-10-6-15-31-23)18-21(24(27)29)16-19-7-3-4-9-22(19)20-8-5-11-26-17-20/h2-5,7-9,11,17,21,23H,1,6,10,12-16,18H2. The molecule has 0 saturated carbocycles. The van der Waals surface area contributed by atoms with E-state index in [1.54, 1.807) is 12.3 Å². The summed E-state index contributed by atoms with van der Waals surface area (Å²) in [5.74, 6) is -0.231. The van der Waals surface area contributed by atoms with Crippen molar-refractivity contribution in [1.29, 1.82) is 0 Å². The van der Waals surface area contributed by atoms with Crippen LogP contribution in [0, 0.1) is 5.92 Å². The predicted molar refractivity (Wildman–Crippen MR) is 119 cm³/mol. The minimum atomic E-state index is -0.371. The first-order valence-corrected chi connectivity index (χ1v) is 11.0. The Bertz CT molecular complexity index is 925. The number of hydrogen-bond acceptors (Lipinski definition) is 4. The molecule has 0 aliphatic carbocycles. The van der Waals surface area contributed by atoms with Crippen LogP contribution in [0.25, 0.3) is 11.1 Å². The van der Waals surface area contributed by atoms with Gasteiger partial charge in [0.1, 0.15) is 6.10 Å². The molecule has 0 bridgehead atoms. The van der Waals surface area contributed by atoms with Crippen LogP contribution in [-0.4, -0.2) is 65.5 Å². The molecule has 6 nitrogen and oxygen atoms in total. The largest absolute Gasteiger partial charge is 0.368 e. The molecule has 162 valence electrons. The normalized spacial score (nSPS) is 21.7. The summed E-state index contributed by atoms with van der Waals surface area (Å²) in [5, 5.41) is 0. The molecule has 2 aliphatic rings. The summed E-state index contributed by atoms with van der Waals surface area (Å²) in [7, 11) is 0. The fraction of sp³-hybridized carbons (Fsp3) is 0.400. The van der Waals surface area contributed by atoms with Gasteiger partial charge in [-0.3, -0.25) is 14.6 Å². The quantitative estimate of drug-likeness (QED) is 0.676. The van der Waals surface area contributed by atoms with Gasteiger partial charge in [-0.25, -0.2) is 0 Å². The number of pyridine rings is 1. The molecule has 2 aliphatic heterocycles. The molecule has 2 fully saturated rings. The monoisotopic (exact) mass is 419 g/mol. The van der Waals surface area contributed by atoms with Gasteiger partial charge in [-0.15, -0.1) is 6.58 Å². The molecule has 2 unspecified atom stereocenters. The van der Waals surface area contributed by atoms with E-state index in [-0.39, 0.29) is 23.8 Å². The predicted octanol–water partition coefficient (Wildman–Crippen LogP) is 2.94. The summed E-state index contributed by atoms with van der Waals surface area (Å²) in [5.41, 5.74) is 3.17. The minimum absolute atomic E-state index is 0.0105. The Morgan fingerprint density at radius 2 is 2.10 bits per heavy atom. The number of benzene rings is 1. The van der Waals surface area contributed by atoms with Crippen molar-refractivity contribution >= 4 is 11.8 Å². The number of carbonyl (C=O) groups excluding carboxylic acids is 2. The second-order valence-electron chi connectivity index (χ2n) is 8.16. The topological polar surface area (TPSA) is 62.7 Å². The first-order chi connectivity index (χ1) is 15.2. The van der Waals surface area contributed by atoms with Crippen LogP contribution in [0.15, 0.2) is 61.4 Å². The maximum absolute atomic E-state index is 13.4. The van der Waals surface area contributed by atoms with Gasteiger partial charge < -0.3 is 14.5 Å². The van der Waals surface area contributed by atoms with Gasteiger partial charge >= 0.3 is 0 Å². The summed E-state index contributed by atoms with van der Waals surface area (Å²) < 4.78 is 5.63. The van der Waals surface area contributed by atoms with Crippen molar-refractivity contribution in [2.24, 2.45) is 5.92 Å². The Hall–Kier alpha value is -2.99. The number of hydrogen-bond donors (Lipinski definition) is 0. The van der Waals surface area contributed by atoms with E-state index in [4.69, 9.17) is 4.74 Å². The molecule has 2 aromatic rings. The van der Waals surface area contributed by atoms with Gasteiger partial charge in [0.15, 0.2) is 0 Å². The average Bonchev–Trinajstić information content (AvgIpc) is 3.30. The van der Waals surface area contributed by atoms with Crippen LogP contribution in [0.2, 0.25) is 0 Å². The zero-order chi connectivity index (χ0) is 21.6. The summed E-state index contributed by atoms with van der Waals surface area (Å²) in [6, 6.07) is 12.1. The Morgan fingerprint density at radius 1 is 1.23 bits per heavy atom. The second kappa shape index (κ2) is 9.88. The van der Waals surface area contributed by atoms with Crippen LogP contribution in [0.5, 0.6) is 0 Å². The highest BCUT2D eigenvalue weighted by Crippen LogP contribution is 2.27. The molecule has 0 spiro atoms. The number of rotatable bonds is 6. The zero-order valence-electron chi connectivity index (χ0n) is 17.8. The molecule has 2 saturated heterocycles. The van der Waals surface area contributed by atoms with Crippen molar-refractivity contribution in [2.45, 2.75) is 25.4 Å². The van der Waals surface area contributed by atoms with Crippen LogP contribution in [-0.2, 0) is 20.7 Å². The number of nitrogens with zero attached hydrogens (tertiary/aromatic N) is 3. The molecule has 0 N–H and O–H groups in total. The molecular weight excluding hydrogens is 390 g/mol. The fourth-order valence-corrected chi connectivity index (χ4v) is 4.48. The van der Waals surface area contributed by atoms with Gasteiger partial charge in [0.2, 0.25) is 5.91 Å². The fourth-order valence-electron chi connectivity index (χ4n) is 4.48. The van der Waals surface area contributed by atoms with Crippen molar-refractivity contribution in [3.8, 4) is 11.1 Å². The number of ether oxygens (including phenoxy) is 1. The lowest BCUT2D eigenvalue weighted by atomic mass is 9.91. The van der Waals surface area contributed by atoms with Crippen molar-refractivity contribution in [2.75, 3.05) is 32.8 Å². The molecule has 1 aromatic carbocycles. The van der Waals surface area contributed by atoms with Gasteiger partial charge in [0.25, 0.3) is 5.91 Å². The van der Waals surface area contributed by atoms with E-state index >= 15 is 0 Å². The van der Waals surface area contributed by atoms with E-state index < -0.39 is 0 Å². The highest BCUT2D eigenvalue weighted by atomic mass is 16.5. The van der Waals surface area contributed by atoms with E-state index in [1.807, 2.05) is 40.3 Å². The summed E-state index contributed by atoms with van der Waals surface area (Å²) in [6.07, 6.45) is 7.20. The SMILES string of the molecule is C=CCN1CCN(C(=O)C2CCCO2)CC(Cc2ccccc2-c2cccnc2)C1=O. The van der Waals surface area contributed by atoms with Crippen LogP contribution in [0.4, 0.5) is 0 Å². The Balaban J connectivity index is 1.60. The van der Waals surface area contributed by atoms with Gasteiger partial charge in [-0.1, -0.05) is 36.4 Å². The first-order valence-electron chi connectivity index (χ1n) is 11.0. The van der Waals surface area contributed by atoms with E-state index in [1.165, 1.54) is 0 Å². The molecule has 6 heteroatoms. The van der Waals surface area contributed by atoms with Crippen LogP contribution >= 0.6 is 0 Å². The molecular formula is C25H29N3O3. The average molecular weight is 420 g/mol. The smallest absolute Gasteiger partial charge is 0.251 e. The van der Waals surface area contributed by atoms with E-state index in [2.05, 4.69) is 23.7 Å². The van der Waals surface area contributed by atoms with Gasteiger partial charge in [0, 0.05) is 50.7 Å². The molecule has 4 rings (SSSR count). The Kier molecular flexibility index (Phi) is 6.77. The lowest BCUT2D eigenvalue weighted by molar-refractivity contribution is -0.141. The lowest BCUT2D eigenvalue weighted by Crippen LogP contribution is -2.42. The molecule has 0 radical (unpaired) electrons. The van der Waals surface area contributed by atoms with Gasteiger partial charge in [-0.05, 0) is 36.5 Å². The third kappa shape index (κ3) is 4.85. The first kappa shape index (κ1) is 21.2. The molecule has 2 atom stereocenters. The molecule has 31 heavy (non-hydrogen) atoms. The van der Waals surface area contributed by atoms with Crippen molar-refractivity contribution in [3.05, 3.63) is 67.0 Å². The number of carbonyl (C=O) groups is 2. The van der Waals surface area contributed by atoms with Crippen LogP contribution < -0.4 is 0 Å². The van der Waals surface area contributed by atoms with Crippen LogP contribution in [0.1, 0.15) is 18.4 Å². The number of aromatic nitrogens is 1. The summed E-state index contributed by atoms with van der Waals surface area (Å²) >= 11 is 0.